The first-order valence-corrected chi connectivity index (χ1v) is 10.2. The summed E-state index contributed by atoms with van der Waals surface area (Å²) in [6.07, 6.45) is 9.58. The number of pyridine rings is 2. The topological polar surface area (TPSA) is 50.3 Å². The van der Waals surface area contributed by atoms with Crippen LogP contribution in [0.5, 0.6) is 5.88 Å². The predicted molar refractivity (Wildman–Crippen MR) is 116 cm³/mol. The lowest BCUT2D eigenvalue weighted by Crippen LogP contribution is -2.23. The van der Waals surface area contributed by atoms with Crippen LogP contribution in [0.25, 0.3) is 6.08 Å². The Kier molecular flexibility index (Phi) is 6.68. The standard InChI is InChI=1S/C23H32N4O/c1-6-11-28-23-16(2)12-20(14-26-23)17(3)27(5)15-21-19(13-18-7-8-18)9-10-25-22(21)24-4/h9-10,12-14,17H,6-8,11,15H2,1-5H3,(H,24,25). The number of nitrogens with zero attached hydrogens (tertiary/aromatic N) is 3. The van der Waals surface area contributed by atoms with E-state index in [9.17, 15) is 0 Å². The van der Waals surface area contributed by atoms with E-state index in [1.165, 1.54) is 35.1 Å². The molecule has 1 atom stereocenters. The number of hydrogen-bond acceptors (Lipinski definition) is 5. The van der Waals surface area contributed by atoms with E-state index < -0.39 is 0 Å². The van der Waals surface area contributed by atoms with E-state index in [1.807, 2.05) is 19.4 Å². The molecule has 5 heteroatoms. The molecule has 0 radical (unpaired) electrons. The maximum absolute atomic E-state index is 5.72. The Morgan fingerprint density at radius 2 is 2.11 bits per heavy atom. The van der Waals surface area contributed by atoms with Gasteiger partial charge in [0.05, 0.1) is 6.61 Å². The van der Waals surface area contributed by atoms with Crippen molar-refractivity contribution < 1.29 is 4.74 Å². The van der Waals surface area contributed by atoms with Crippen LogP contribution in [-0.4, -0.2) is 35.6 Å². The second kappa shape index (κ2) is 9.20. The number of allylic oxidation sites excluding steroid dienone is 1. The minimum Gasteiger partial charge on any atom is -0.477 e. The molecule has 5 nitrogen and oxygen atoms in total. The Hall–Kier alpha value is -2.40. The minimum atomic E-state index is 0.234. The van der Waals surface area contributed by atoms with Crippen LogP contribution in [-0.2, 0) is 6.54 Å². The van der Waals surface area contributed by atoms with Crippen molar-refractivity contribution in [2.75, 3.05) is 26.0 Å². The number of aromatic nitrogens is 2. The Morgan fingerprint density at radius 1 is 1.32 bits per heavy atom. The van der Waals surface area contributed by atoms with Crippen LogP contribution in [0.2, 0.25) is 0 Å². The number of nitrogens with one attached hydrogen (secondary N) is 1. The van der Waals surface area contributed by atoms with Crippen LogP contribution < -0.4 is 10.1 Å². The number of ether oxygens (including phenoxy) is 1. The summed E-state index contributed by atoms with van der Waals surface area (Å²) in [5.41, 5.74) is 6.31. The third kappa shape index (κ3) is 4.90. The molecule has 0 spiro atoms. The first-order valence-electron chi connectivity index (χ1n) is 10.2. The fraction of sp³-hybridized carbons (Fsp3) is 0.478. The Balaban J connectivity index is 1.78. The lowest BCUT2D eigenvalue weighted by Gasteiger charge is -2.27. The quantitative estimate of drug-likeness (QED) is 0.664. The second-order valence-corrected chi connectivity index (χ2v) is 7.61. The molecule has 1 saturated carbocycles. The Bertz CT molecular complexity index is 840. The summed E-state index contributed by atoms with van der Waals surface area (Å²) in [7, 11) is 4.09. The second-order valence-electron chi connectivity index (χ2n) is 7.61. The van der Waals surface area contributed by atoms with Crippen LogP contribution in [0.15, 0.2) is 30.1 Å². The summed E-state index contributed by atoms with van der Waals surface area (Å²) in [6, 6.07) is 4.54. The van der Waals surface area contributed by atoms with E-state index in [0.717, 1.165) is 30.2 Å². The van der Waals surface area contributed by atoms with Gasteiger partial charge in [-0.15, -0.1) is 0 Å². The van der Waals surface area contributed by atoms with Gasteiger partial charge in [-0.05, 0) is 63.4 Å². The van der Waals surface area contributed by atoms with Crippen molar-refractivity contribution >= 4 is 11.9 Å². The molecule has 1 aliphatic carbocycles. The largest absolute Gasteiger partial charge is 0.477 e. The average Bonchev–Trinajstić information content (AvgIpc) is 3.51. The number of anilines is 1. The summed E-state index contributed by atoms with van der Waals surface area (Å²) in [5.74, 6) is 1.69. The lowest BCUT2D eigenvalue weighted by molar-refractivity contribution is 0.251. The number of aryl methyl sites for hydroxylation is 1. The molecule has 3 rings (SSSR count). The maximum Gasteiger partial charge on any atom is 0.216 e. The van der Waals surface area contributed by atoms with Gasteiger partial charge in [-0.2, -0.15) is 0 Å². The van der Waals surface area contributed by atoms with Crippen molar-refractivity contribution in [1.29, 1.82) is 0 Å². The molecule has 28 heavy (non-hydrogen) atoms. The highest BCUT2D eigenvalue weighted by Crippen LogP contribution is 2.33. The maximum atomic E-state index is 5.72. The van der Waals surface area contributed by atoms with Gasteiger partial charge in [0.1, 0.15) is 5.82 Å². The van der Waals surface area contributed by atoms with E-state index in [2.05, 4.69) is 66.2 Å². The molecule has 0 saturated heterocycles. The zero-order valence-electron chi connectivity index (χ0n) is 17.7. The molecule has 0 amide bonds. The fourth-order valence-corrected chi connectivity index (χ4v) is 3.26. The molecule has 0 bridgehead atoms. The van der Waals surface area contributed by atoms with Crippen LogP contribution >= 0.6 is 0 Å². The molecular weight excluding hydrogens is 348 g/mol. The van der Waals surface area contributed by atoms with Gasteiger partial charge in [0.2, 0.25) is 5.88 Å². The van der Waals surface area contributed by atoms with Crippen molar-refractivity contribution in [3.05, 3.63) is 52.4 Å². The molecule has 2 heterocycles. The van der Waals surface area contributed by atoms with Crippen molar-refractivity contribution in [3.8, 4) is 5.88 Å². The van der Waals surface area contributed by atoms with Crippen LogP contribution in [0.3, 0.4) is 0 Å². The van der Waals surface area contributed by atoms with Gasteiger partial charge < -0.3 is 10.1 Å². The minimum absolute atomic E-state index is 0.234. The van der Waals surface area contributed by atoms with E-state index in [-0.39, 0.29) is 6.04 Å². The summed E-state index contributed by atoms with van der Waals surface area (Å²) >= 11 is 0. The third-order valence-electron chi connectivity index (χ3n) is 5.27. The highest BCUT2D eigenvalue weighted by molar-refractivity contribution is 5.64. The number of rotatable bonds is 9. The molecule has 0 aromatic carbocycles. The van der Waals surface area contributed by atoms with E-state index in [1.54, 1.807) is 0 Å². The van der Waals surface area contributed by atoms with Crippen molar-refractivity contribution in [2.45, 2.75) is 52.6 Å². The van der Waals surface area contributed by atoms with Crippen molar-refractivity contribution in [2.24, 2.45) is 0 Å². The third-order valence-corrected chi connectivity index (χ3v) is 5.27. The normalized spacial score (nSPS) is 14.1. The van der Waals surface area contributed by atoms with E-state index in [4.69, 9.17) is 4.74 Å². The monoisotopic (exact) mass is 380 g/mol. The summed E-state index contributed by atoms with van der Waals surface area (Å²) in [4.78, 5) is 11.4. The van der Waals surface area contributed by atoms with Gasteiger partial charge >= 0.3 is 0 Å². The zero-order chi connectivity index (χ0) is 20.1. The smallest absolute Gasteiger partial charge is 0.216 e. The van der Waals surface area contributed by atoms with E-state index in [0.29, 0.717) is 6.61 Å². The van der Waals surface area contributed by atoms with Crippen LogP contribution in [0.1, 0.15) is 61.4 Å². The molecule has 2 aromatic heterocycles. The first-order chi connectivity index (χ1) is 13.5. The van der Waals surface area contributed by atoms with Crippen LogP contribution in [0, 0.1) is 6.92 Å². The summed E-state index contributed by atoms with van der Waals surface area (Å²) in [5, 5.41) is 3.25. The van der Waals surface area contributed by atoms with Crippen molar-refractivity contribution in [1.82, 2.24) is 14.9 Å². The average molecular weight is 381 g/mol. The lowest BCUT2D eigenvalue weighted by atomic mass is 10.0. The summed E-state index contributed by atoms with van der Waals surface area (Å²) in [6.45, 7) is 7.91. The zero-order valence-corrected chi connectivity index (χ0v) is 17.7. The Labute approximate surface area is 168 Å². The highest BCUT2D eigenvalue weighted by atomic mass is 16.5. The van der Waals surface area contributed by atoms with Gasteiger partial charge in [-0.1, -0.05) is 18.6 Å². The van der Waals surface area contributed by atoms with Gasteiger partial charge in [0.15, 0.2) is 0 Å². The molecule has 1 unspecified atom stereocenters. The van der Waals surface area contributed by atoms with E-state index >= 15 is 0 Å². The Morgan fingerprint density at radius 3 is 2.75 bits per heavy atom. The van der Waals surface area contributed by atoms with Gasteiger partial charge in [-0.25, -0.2) is 9.97 Å². The molecule has 150 valence electrons. The fourth-order valence-electron chi connectivity index (χ4n) is 3.26. The molecular formula is C23H32N4O. The molecule has 1 aliphatic rings. The van der Waals surface area contributed by atoms with Gasteiger partial charge in [-0.3, -0.25) is 4.90 Å². The molecule has 1 N–H and O–H groups in total. The number of hydrogen-bond donors (Lipinski definition) is 1. The first kappa shape index (κ1) is 20.3. The predicted octanol–water partition coefficient (Wildman–Crippen LogP) is 4.99. The van der Waals surface area contributed by atoms with Gasteiger partial charge in [0, 0.05) is 43.2 Å². The molecule has 0 aliphatic heterocycles. The van der Waals surface area contributed by atoms with Crippen molar-refractivity contribution in [3.63, 3.8) is 0 Å². The van der Waals surface area contributed by atoms with Crippen LogP contribution in [0.4, 0.5) is 5.82 Å². The molecule has 2 aromatic rings. The SMILES string of the molecule is CCCOc1ncc(C(C)N(C)Cc2c(C=C3CC3)ccnc2NC)cc1C. The molecule has 1 fully saturated rings. The highest BCUT2D eigenvalue weighted by Gasteiger charge is 2.19. The van der Waals surface area contributed by atoms with Gasteiger partial charge in [0.25, 0.3) is 0 Å². The summed E-state index contributed by atoms with van der Waals surface area (Å²) < 4.78 is 5.72.